The van der Waals surface area contributed by atoms with Crippen molar-refractivity contribution in [3.63, 3.8) is 0 Å². The molecule has 0 aliphatic carbocycles. The van der Waals surface area contributed by atoms with Crippen molar-refractivity contribution in [2.24, 2.45) is 10.7 Å². The fourth-order valence-corrected chi connectivity index (χ4v) is 3.26. The summed E-state index contributed by atoms with van der Waals surface area (Å²) in [4.78, 5) is 16.6. The lowest BCUT2D eigenvalue weighted by molar-refractivity contribution is 0.262. The lowest BCUT2D eigenvalue weighted by atomic mass is 10.2. The topological polar surface area (TPSA) is 144 Å². The number of nitrogens with zero attached hydrogens (tertiary/aromatic N) is 1. The van der Waals surface area contributed by atoms with E-state index in [-0.39, 0.29) is 24.2 Å². The van der Waals surface area contributed by atoms with Gasteiger partial charge in [-0.2, -0.15) is 0 Å². The Labute approximate surface area is 196 Å². The molecule has 10 heteroatoms. The summed E-state index contributed by atoms with van der Waals surface area (Å²) in [6, 6.07) is 13.4. The minimum absolute atomic E-state index is 0.0359. The number of carbonyl (C=O) groups excluding carboxylic acids is 1. The first-order valence-corrected chi connectivity index (χ1v) is 11.7. The van der Waals surface area contributed by atoms with Gasteiger partial charge in [-0.3, -0.25) is 0 Å². The second-order valence-electron chi connectivity index (χ2n) is 6.91. The number of anilines is 2. The molecule has 176 valence electrons. The number of methoxy groups -OCH3 is 1. The van der Waals surface area contributed by atoms with Gasteiger partial charge in [-0.15, -0.1) is 0 Å². The number of ether oxygens (including phenoxy) is 1. The second-order valence-corrected chi connectivity index (χ2v) is 8.35. The van der Waals surface area contributed by atoms with Gasteiger partial charge >= 0.3 is 6.03 Å². The highest BCUT2D eigenvalue weighted by Gasteiger charge is 2.08. The number of aliphatic hydroxyl groups is 1. The lowest BCUT2D eigenvalue weighted by Gasteiger charge is -2.10. The van der Waals surface area contributed by atoms with Gasteiger partial charge in [0.15, 0.2) is 0 Å². The SMILES string of the molecule is C=C(/C=C(C[S+](C)[O-])\N=C(/N)c1ccc(NC(=O)Nc2ccc(OC)cc2)cc1)NCCO. The molecule has 0 fully saturated rings. The molecule has 2 amide bonds. The van der Waals surface area contributed by atoms with E-state index in [9.17, 15) is 9.35 Å². The van der Waals surface area contributed by atoms with Crippen LogP contribution in [-0.2, 0) is 11.2 Å². The summed E-state index contributed by atoms with van der Waals surface area (Å²) in [5.41, 5.74) is 9.00. The summed E-state index contributed by atoms with van der Waals surface area (Å²) >= 11 is -1.13. The number of benzene rings is 2. The summed E-state index contributed by atoms with van der Waals surface area (Å²) in [6.07, 6.45) is 3.21. The molecule has 6 N–H and O–H groups in total. The first-order chi connectivity index (χ1) is 15.8. The number of amides is 2. The van der Waals surface area contributed by atoms with Crippen molar-refractivity contribution >= 4 is 34.4 Å². The smallest absolute Gasteiger partial charge is 0.323 e. The molecule has 0 aromatic heterocycles. The molecule has 0 heterocycles. The van der Waals surface area contributed by atoms with E-state index in [0.29, 0.717) is 40.6 Å². The molecule has 0 aliphatic heterocycles. The van der Waals surface area contributed by atoms with Crippen molar-refractivity contribution in [1.82, 2.24) is 5.32 Å². The molecule has 0 radical (unpaired) electrons. The highest BCUT2D eigenvalue weighted by Crippen LogP contribution is 2.16. The first kappa shape index (κ1) is 25.8. The molecule has 0 saturated carbocycles. The van der Waals surface area contributed by atoms with Crippen molar-refractivity contribution in [3.8, 4) is 5.75 Å². The molecule has 0 saturated heterocycles. The van der Waals surface area contributed by atoms with Gasteiger partial charge in [0, 0.05) is 29.2 Å². The van der Waals surface area contributed by atoms with Crippen LogP contribution in [0.25, 0.3) is 0 Å². The van der Waals surface area contributed by atoms with Crippen molar-refractivity contribution in [3.05, 3.63) is 78.1 Å². The molecule has 2 aromatic rings. The molecule has 2 aromatic carbocycles. The van der Waals surface area contributed by atoms with E-state index >= 15 is 0 Å². The average Bonchev–Trinajstić information content (AvgIpc) is 2.78. The maximum Gasteiger partial charge on any atom is 0.323 e. The van der Waals surface area contributed by atoms with Crippen LogP contribution in [0.5, 0.6) is 5.75 Å². The van der Waals surface area contributed by atoms with Gasteiger partial charge in [-0.25, -0.2) is 9.79 Å². The highest BCUT2D eigenvalue weighted by molar-refractivity contribution is 7.90. The lowest BCUT2D eigenvalue weighted by Crippen LogP contribution is -2.20. The summed E-state index contributed by atoms with van der Waals surface area (Å²) in [7, 11) is 1.57. The van der Waals surface area contributed by atoms with Gasteiger partial charge in [-0.1, -0.05) is 17.8 Å². The fraction of sp³-hybridized carbons (Fsp3) is 0.217. The quantitative estimate of drug-likeness (QED) is 0.147. The molecular weight excluding hydrogens is 442 g/mol. The molecule has 2 rings (SSSR count). The zero-order valence-corrected chi connectivity index (χ0v) is 19.4. The zero-order chi connectivity index (χ0) is 24.2. The molecule has 1 unspecified atom stereocenters. The molecule has 0 spiro atoms. The Morgan fingerprint density at radius 3 is 2.27 bits per heavy atom. The molecule has 1 atom stereocenters. The molecule has 33 heavy (non-hydrogen) atoms. The Balaban J connectivity index is 2.04. The molecule has 0 bridgehead atoms. The molecular formula is C23H29N5O4S. The van der Waals surface area contributed by atoms with Crippen molar-refractivity contribution < 1.29 is 19.2 Å². The van der Waals surface area contributed by atoms with Gasteiger partial charge in [0.1, 0.15) is 17.3 Å². The van der Waals surface area contributed by atoms with Crippen molar-refractivity contribution in [2.45, 2.75) is 0 Å². The van der Waals surface area contributed by atoms with E-state index in [1.54, 1.807) is 68.0 Å². The van der Waals surface area contributed by atoms with Crippen LogP contribution in [-0.4, -0.2) is 53.8 Å². The normalized spacial score (nSPS) is 12.6. The van der Waals surface area contributed by atoms with E-state index < -0.39 is 11.2 Å². The number of amidine groups is 1. The number of carbonyl (C=O) groups is 1. The third-order valence-electron chi connectivity index (χ3n) is 4.21. The van der Waals surface area contributed by atoms with Crippen LogP contribution in [0.15, 0.2) is 77.6 Å². The Morgan fingerprint density at radius 1 is 1.18 bits per heavy atom. The van der Waals surface area contributed by atoms with Gasteiger partial charge in [0.25, 0.3) is 0 Å². The number of urea groups is 1. The first-order valence-electron chi connectivity index (χ1n) is 10.0. The standard InChI is InChI=1S/C23H29N5O4S/c1-16(25-12-13-29)14-20(15-33(3)31)26-22(24)17-4-6-18(7-5-17)27-23(30)28-19-8-10-21(32-2)11-9-19/h4-11,14,25,29H,1,12-13,15H2,2-3H3,(H2,24,26)(H2,27,28,30)/b20-14-. The third kappa shape index (κ3) is 9.27. The predicted molar refractivity (Wildman–Crippen MR) is 134 cm³/mol. The third-order valence-corrected chi connectivity index (χ3v) is 4.91. The highest BCUT2D eigenvalue weighted by atomic mass is 32.2. The van der Waals surface area contributed by atoms with Crippen molar-refractivity contribution in [2.75, 3.05) is 42.9 Å². The number of allylic oxidation sites excluding steroid dienone is 1. The van der Waals surface area contributed by atoms with Crippen LogP contribution in [0.1, 0.15) is 5.56 Å². The van der Waals surface area contributed by atoms with Crippen LogP contribution in [0, 0.1) is 0 Å². The minimum atomic E-state index is -1.13. The predicted octanol–water partition coefficient (Wildman–Crippen LogP) is 2.40. The van der Waals surface area contributed by atoms with E-state index in [2.05, 4.69) is 27.5 Å². The van der Waals surface area contributed by atoms with Gasteiger partial charge in [-0.05, 0) is 54.6 Å². The number of rotatable bonds is 11. The fourth-order valence-electron chi connectivity index (χ4n) is 2.69. The second kappa shape index (κ2) is 13.2. The number of nitrogens with one attached hydrogen (secondary N) is 3. The summed E-state index contributed by atoms with van der Waals surface area (Å²) in [5.74, 6) is 1.13. The van der Waals surface area contributed by atoms with E-state index in [1.807, 2.05) is 0 Å². The average molecular weight is 472 g/mol. The van der Waals surface area contributed by atoms with Crippen LogP contribution in [0.2, 0.25) is 0 Å². The van der Waals surface area contributed by atoms with Crippen molar-refractivity contribution in [1.29, 1.82) is 0 Å². The van der Waals surface area contributed by atoms with E-state index in [1.165, 1.54) is 0 Å². The van der Waals surface area contributed by atoms with E-state index in [0.717, 1.165) is 0 Å². The minimum Gasteiger partial charge on any atom is -0.616 e. The van der Waals surface area contributed by atoms with Crippen LogP contribution in [0.4, 0.5) is 16.2 Å². The number of aliphatic imine (C=N–C) groups is 1. The Morgan fingerprint density at radius 2 is 1.76 bits per heavy atom. The number of nitrogens with two attached hydrogens (primary N) is 1. The Bertz CT molecular complexity index is 989. The maximum absolute atomic E-state index is 12.2. The number of hydrogen-bond acceptors (Lipinski definition) is 6. The monoisotopic (exact) mass is 471 g/mol. The van der Waals surface area contributed by atoms with Gasteiger partial charge < -0.3 is 36.1 Å². The molecule has 0 aliphatic rings. The maximum atomic E-state index is 12.2. The Kier molecular flexibility index (Phi) is 10.3. The van der Waals surface area contributed by atoms with E-state index in [4.69, 9.17) is 15.6 Å². The van der Waals surface area contributed by atoms with Crippen LogP contribution >= 0.6 is 0 Å². The van der Waals surface area contributed by atoms with Gasteiger partial charge in [0.2, 0.25) is 0 Å². The molecule has 9 nitrogen and oxygen atoms in total. The van der Waals surface area contributed by atoms with Crippen LogP contribution < -0.4 is 26.4 Å². The van der Waals surface area contributed by atoms with Gasteiger partial charge in [0.05, 0.1) is 25.7 Å². The largest absolute Gasteiger partial charge is 0.616 e. The zero-order valence-electron chi connectivity index (χ0n) is 18.6. The Hall–Kier alpha value is -3.47. The summed E-state index contributed by atoms with van der Waals surface area (Å²) in [5, 5.41) is 17.3. The summed E-state index contributed by atoms with van der Waals surface area (Å²) < 4.78 is 16.8. The summed E-state index contributed by atoms with van der Waals surface area (Å²) in [6.45, 7) is 4.15. The van der Waals surface area contributed by atoms with Crippen LogP contribution in [0.3, 0.4) is 0 Å². The number of aliphatic hydroxyl groups excluding tert-OH is 1. The number of hydrogen-bond donors (Lipinski definition) is 5.